The minimum absolute atomic E-state index is 0.138. The number of alkyl halides is 2. The van der Waals surface area contributed by atoms with E-state index in [0.29, 0.717) is 37.7 Å². The van der Waals surface area contributed by atoms with Gasteiger partial charge in [-0.1, -0.05) is 0 Å². The van der Waals surface area contributed by atoms with E-state index in [4.69, 9.17) is 32.9 Å². The van der Waals surface area contributed by atoms with E-state index < -0.39 is 12.0 Å². The number of esters is 1. The van der Waals surface area contributed by atoms with E-state index >= 15 is 0 Å². The van der Waals surface area contributed by atoms with Crippen molar-refractivity contribution in [3.05, 3.63) is 24.0 Å². The van der Waals surface area contributed by atoms with Crippen molar-refractivity contribution in [3.8, 4) is 0 Å². The topological polar surface area (TPSA) is 88.5 Å². The van der Waals surface area contributed by atoms with Crippen molar-refractivity contribution in [1.82, 2.24) is 20.2 Å². The predicted octanol–water partition coefficient (Wildman–Crippen LogP) is 2.06. The number of anilines is 1. The Labute approximate surface area is 193 Å². The number of ether oxygens (including phenoxy) is 1. The second kappa shape index (κ2) is 12.7. The fourth-order valence-corrected chi connectivity index (χ4v) is 3.81. The van der Waals surface area contributed by atoms with E-state index in [0.717, 1.165) is 22.5 Å². The maximum Gasteiger partial charge on any atom is 0.325 e. The summed E-state index contributed by atoms with van der Waals surface area (Å²) < 4.78 is 6.87. The first-order chi connectivity index (χ1) is 14.9. The van der Waals surface area contributed by atoms with Crippen molar-refractivity contribution in [1.29, 1.82) is 0 Å². The summed E-state index contributed by atoms with van der Waals surface area (Å²) in [6.07, 6.45) is 1.14. The van der Waals surface area contributed by atoms with Crippen molar-refractivity contribution >= 4 is 51.8 Å². The number of carbonyl (C=O) groups excluding carboxylic acids is 2. The summed E-state index contributed by atoms with van der Waals surface area (Å²) in [6, 6.07) is 5.69. The molecule has 0 fully saturated rings. The van der Waals surface area contributed by atoms with Crippen molar-refractivity contribution in [3.63, 3.8) is 0 Å². The van der Waals surface area contributed by atoms with Crippen LogP contribution in [0.15, 0.2) is 18.2 Å². The van der Waals surface area contributed by atoms with Crippen LogP contribution in [0.5, 0.6) is 0 Å². The van der Waals surface area contributed by atoms with Gasteiger partial charge in [-0.2, -0.15) is 0 Å². The molecule has 0 bridgehead atoms. The maximum absolute atomic E-state index is 12.4. The number of benzene rings is 1. The molecule has 1 heterocycles. The molecule has 0 saturated heterocycles. The summed E-state index contributed by atoms with van der Waals surface area (Å²) in [4.78, 5) is 30.7. The Morgan fingerprint density at radius 3 is 2.58 bits per heavy atom. The van der Waals surface area contributed by atoms with E-state index in [-0.39, 0.29) is 19.1 Å². The lowest BCUT2D eigenvalue weighted by molar-refractivity contribution is -0.143. The lowest BCUT2D eigenvalue weighted by atomic mass is 10.1. The number of aromatic nitrogens is 2. The van der Waals surface area contributed by atoms with Gasteiger partial charge in [0, 0.05) is 44.0 Å². The molecule has 0 saturated carbocycles. The number of rotatable bonds is 13. The molecule has 1 unspecified atom stereocenters. The normalized spacial score (nSPS) is 12.0. The van der Waals surface area contributed by atoms with Gasteiger partial charge in [0.15, 0.2) is 0 Å². The summed E-state index contributed by atoms with van der Waals surface area (Å²) in [5, 5.41) is 5.61. The zero-order valence-corrected chi connectivity index (χ0v) is 19.8. The molecule has 1 aromatic heterocycles. The molecule has 8 nitrogen and oxygen atoms in total. The van der Waals surface area contributed by atoms with Crippen molar-refractivity contribution < 1.29 is 14.3 Å². The molecular weight excluding hydrogens is 441 g/mol. The van der Waals surface area contributed by atoms with Gasteiger partial charge < -0.3 is 24.8 Å². The third-order valence-electron chi connectivity index (χ3n) is 5.06. The number of amides is 1. The third-order valence-corrected chi connectivity index (χ3v) is 5.40. The number of carbonyl (C=O) groups is 2. The fraction of sp³-hybridized carbons (Fsp3) is 0.571. The Morgan fingerprint density at radius 2 is 1.97 bits per heavy atom. The number of aryl methyl sites for hydroxylation is 2. The molecule has 1 aromatic carbocycles. The van der Waals surface area contributed by atoms with Gasteiger partial charge in [0.1, 0.15) is 12.4 Å². The van der Waals surface area contributed by atoms with Crippen LogP contribution in [0.1, 0.15) is 19.2 Å². The molecule has 0 aliphatic carbocycles. The number of fused-ring (bicyclic) bond motifs is 1. The lowest BCUT2D eigenvalue weighted by Gasteiger charge is -2.22. The van der Waals surface area contributed by atoms with Crippen LogP contribution in [0.2, 0.25) is 0 Å². The predicted molar refractivity (Wildman–Crippen MR) is 125 cm³/mol. The molecule has 1 amide bonds. The number of halogens is 2. The summed E-state index contributed by atoms with van der Waals surface area (Å²) in [7, 11) is 3.69. The number of nitrogens with one attached hydrogen (secondary N) is 2. The minimum atomic E-state index is -0.450. The Kier molecular flexibility index (Phi) is 10.4. The van der Waals surface area contributed by atoms with Crippen molar-refractivity contribution in [2.75, 3.05) is 49.9 Å². The first kappa shape index (κ1) is 25.2. The monoisotopic (exact) mass is 471 g/mol. The summed E-state index contributed by atoms with van der Waals surface area (Å²) >= 11 is 11.9. The van der Waals surface area contributed by atoms with Gasteiger partial charge in [0.25, 0.3) is 0 Å². The van der Waals surface area contributed by atoms with Crippen LogP contribution in [-0.4, -0.2) is 72.5 Å². The summed E-state index contributed by atoms with van der Waals surface area (Å²) in [5.41, 5.74) is 2.94. The number of imidazole rings is 1. The van der Waals surface area contributed by atoms with Crippen LogP contribution in [0, 0.1) is 0 Å². The second-order valence-corrected chi connectivity index (χ2v) is 7.78. The molecule has 0 radical (unpaired) electrons. The summed E-state index contributed by atoms with van der Waals surface area (Å²) in [6.45, 7) is 3.30. The molecule has 10 heteroatoms. The largest absolute Gasteiger partial charge is 0.465 e. The van der Waals surface area contributed by atoms with Gasteiger partial charge in [-0.05, 0) is 38.6 Å². The molecule has 31 heavy (non-hydrogen) atoms. The van der Waals surface area contributed by atoms with Crippen molar-refractivity contribution in [2.24, 2.45) is 7.05 Å². The number of likely N-dealkylation sites (N-methyl/N-ethyl adjacent to an activating group) is 1. The van der Waals surface area contributed by atoms with E-state index in [1.807, 2.05) is 29.8 Å². The van der Waals surface area contributed by atoms with Gasteiger partial charge in [0.2, 0.25) is 5.91 Å². The standard InChI is InChI=1S/C21H31Cl2N5O3/c1-4-31-20(29)14-25-21(30)16(24-2)6-8-19-26-17-13-15(5-7-18(17)27(19)3)28(11-9-22)12-10-23/h5,7,13,16,24H,4,6,8-12,14H2,1-3H3,(H,25,30). The molecule has 172 valence electrons. The Morgan fingerprint density at radius 1 is 1.26 bits per heavy atom. The van der Waals surface area contributed by atoms with E-state index in [1.54, 1.807) is 14.0 Å². The van der Waals surface area contributed by atoms with Crippen LogP contribution in [0.3, 0.4) is 0 Å². The zero-order valence-electron chi connectivity index (χ0n) is 18.3. The van der Waals surface area contributed by atoms with Crippen LogP contribution < -0.4 is 15.5 Å². The average Bonchev–Trinajstić information content (AvgIpc) is 3.07. The highest BCUT2D eigenvalue weighted by atomic mass is 35.5. The molecule has 0 aliphatic rings. The highest BCUT2D eigenvalue weighted by molar-refractivity contribution is 6.18. The Balaban J connectivity index is 2.07. The SMILES string of the molecule is CCOC(=O)CNC(=O)C(CCc1nc2cc(N(CCCl)CCCl)ccc2n1C)NC. The van der Waals surface area contributed by atoms with E-state index in [2.05, 4.69) is 15.5 Å². The van der Waals surface area contributed by atoms with E-state index in [9.17, 15) is 9.59 Å². The molecule has 2 aromatic rings. The van der Waals surface area contributed by atoms with Gasteiger partial charge in [-0.15, -0.1) is 23.2 Å². The van der Waals surface area contributed by atoms with Gasteiger partial charge in [-0.3, -0.25) is 9.59 Å². The Bertz CT molecular complexity index is 868. The molecule has 1 atom stereocenters. The van der Waals surface area contributed by atoms with Crippen LogP contribution in [0.25, 0.3) is 11.0 Å². The zero-order chi connectivity index (χ0) is 22.8. The highest BCUT2D eigenvalue weighted by Crippen LogP contribution is 2.23. The maximum atomic E-state index is 12.4. The molecular formula is C21H31Cl2N5O3. The van der Waals surface area contributed by atoms with Crippen LogP contribution >= 0.6 is 23.2 Å². The van der Waals surface area contributed by atoms with Gasteiger partial charge in [-0.25, -0.2) is 4.98 Å². The Hall–Kier alpha value is -2.03. The minimum Gasteiger partial charge on any atom is -0.465 e. The lowest BCUT2D eigenvalue weighted by Crippen LogP contribution is -2.44. The molecule has 2 rings (SSSR count). The van der Waals surface area contributed by atoms with Crippen LogP contribution in [-0.2, 0) is 27.8 Å². The third kappa shape index (κ3) is 6.98. The first-order valence-electron chi connectivity index (χ1n) is 10.4. The number of nitrogens with zero attached hydrogens (tertiary/aromatic N) is 3. The van der Waals surface area contributed by atoms with Gasteiger partial charge in [0.05, 0.1) is 23.7 Å². The van der Waals surface area contributed by atoms with Gasteiger partial charge >= 0.3 is 5.97 Å². The van der Waals surface area contributed by atoms with Crippen molar-refractivity contribution in [2.45, 2.75) is 25.8 Å². The van der Waals surface area contributed by atoms with Crippen LogP contribution in [0.4, 0.5) is 5.69 Å². The molecule has 0 aliphatic heterocycles. The first-order valence-corrected chi connectivity index (χ1v) is 11.4. The average molecular weight is 472 g/mol. The molecule has 2 N–H and O–H groups in total. The number of hydrogen-bond acceptors (Lipinski definition) is 6. The van der Waals surface area contributed by atoms with E-state index in [1.165, 1.54) is 0 Å². The highest BCUT2D eigenvalue weighted by Gasteiger charge is 2.19. The smallest absolute Gasteiger partial charge is 0.325 e. The number of hydrogen-bond donors (Lipinski definition) is 2. The fourth-order valence-electron chi connectivity index (χ4n) is 3.41. The second-order valence-electron chi connectivity index (χ2n) is 7.03. The summed E-state index contributed by atoms with van der Waals surface area (Å²) in [5.74, 6) is 1.23. The molecule has 0 spiro atoms. The quantitative estimate of drug-likeness (QED) is 0.343.